The number of hydrogen-bond acceptors (Lipinski definition) is 4. The number of pyridine rings is 1. The van der Waals surface area contributed by atoms with Crippen LogP contribution in [0.2, 0.25) is 0 Å². The number of rotatable bonds is 3. The Kier molecular flexibility index (Phi) is 3.02. The number of aromatic nitrogens is 3. The molecule has 0 spiro atoms. The molecular formula is C17H19BrN4O2. The van der Waals surface area contributed by atoms with Crippen LogP contribution < -0.4 is 5.32 Å². The molecule has 3 N–H and O–H groups in total. The Morgan fingerprint density at radius 2 is 2.04 bits per heavy atom. The number of carbonyl (C=O) groups is 1. The minimum atomic E-state index is -0.956. The first-order chi connectivity index (χ1) is 11.5. The highest BCUT2D eigenvalue weighted by atomic mass is 79.9. The second kappa shape index (κ2) is 4.94. The molecule has 4 aliphatic rings. The monoisotopic (exact) mass is 390 g/mol. The molecule has 7 heteroatoms. The Morgan fingerprint density at radius 3 is 2.71 bits per heavy atom. The predicted octanol–water partition coefficient (Wildman–Crippen LogP) is 3.41. The van der Waals surface area contributed by atoms with Crippen LogP contribution in [0.25, 0.3) is 11.2 Å². The molecule has 0 radical (unpaired) electrons. The van der Waals surface area contributed by atoms with Crippen LogP contribution >= 0.6 is 15.9 Å². The maximum absolute atomic E-state index is 11.7. The molecule has 2 aromatic rings. The molecule has 4 fully saturated rings. The molecule has 4 aliphatic carbocycles. The van der Waals surface area contributed by atoms with Gasteiger partial charge in [0, 0.05) is 16.6 Å². The van der Waals surface area contributed by atoms with Crippen LogP contribution in [0.4, 0.5) is 5.69 Å². The molecule has 0 aromatic carbocycles. The van der Waals surface area contributed by atoms with Crippen LogP contribution in [-0.4, -0.2) is 36.4 Å². The van der Waals surface area contributed by atoms with Crippen LogP contribution in [0, 0.1) is 17.8 Å². The van der Waals surface area contributed by atoms with Gasteiger partial charge in [-0.1, -0.05) is 15.9 Å². The minimum absolute atomic E-state index is 0.217. The molecule has 0 saturated heterocycles. The fourth-order valence-corrected chi connectivity index (χ4v) is 6.82. The summed E-state index contributed by atoms with van der Waals surface area (Å²) in [6.45, 7) is 0. The summed E-state index contributed by atoms with van der Waals surface area (Å²) in [5.41, 5.74) is 2.11. The van der Waals surface area contributed by atoms with Crippen LogP contribution in [-0.2, 0) is 0 Å². The molecule has 24 heavy (non-hydrogen) atoms. The van der Waals surface area contributed by atoms with E-state index < -0.39 is 5.97 Å². The summed E-state index contributed by atoms with van der Waals surface area (Å²) in [6, 6.07) is 0.333. The number of carboxylic acids is 1. The SMILES string of the molecule is O=C(O)c1cnc2nc[nH]c2c1NC1C2CC3CC1CC(Br)(C3)C2. The maximum Gasteiger partial charge on any atom is 0.339 e. The van der Waals surface area contributed by atoms with Gasteiger partial charge in [-0.2, -0.15) is 0 Å². The molecule has 4 saturated carbocycles. The van der Waals surface area contributed by atoms with Gasteiger partial charge in [0.15, 0.2) is 5.65 Å². The lowest BCUT2D eigenvalue weighted by Gasteiger charge is -2.58. The lowest BCUT2D eigenvalue weighted by atomic mass is 9.54. The molecule has 4 bridgehead atoms. The first-order valence-electron chi connectivity index (χ1n) is 8.53. The van der Waals surface area contributed by atoms with Gasteiger partial charge < -0.3 is 15.4 Å². The summed E-state index contributed by atoms with van der Waals surface area (Å²) in [4.78, 5) is 23.0. The summed E-state index contributed by atoms with van der Waals surface area (Å²) in [6.07, 6.45) is 9.14. The number of alkyl halides is 1. The smallest absolute Gasteiger partial charge is 0.339 e. The lowest BCUT2D eigenvalue weighted by Crippen LogP contribution is -2.56. The first-order valence-corrected chi connectivity index (χ1v) is 9.32. The van der Waals surface area contributed by atoms with Gasteiger partial charge in [-0.05, 0) is 49.9 Å². The van der Waals surface area contributed by atoms with E-state index in [0.717, 1.165) is 5.92 Å². The number of hydrogen-bond donors (Lipinski definition) is 3. The minimum Gasteiger partial charge on any atom is -0.478 e. The van der Waals surface area contributed by atoms with Crippen molar-refractivity contribution in [2.24, 2.45) is 17.8 Å². The summed E-state index contributed by atoms with van der Waals surface area (Å²) in [7, 11) is 0. The van der Waals surface area contributed by atoms with Crippen molar-refractivity contribution in [2.45, 2.75) is 42.5 Å². The number of nitrogens with zero attached hydrogens (tertiary/aromatic N) is 2. The van der Waals surface area contributed by atoms with Gasteiger partial charge in [0.05, 0.1) is 12.0 Å². The van der Waals surface area contributed by atoms with Crippen molar-refractivity contribution in [1.82, 2.24) is 15.0 Å². The van der Waals surface area contributed by atoms with E-state index in [1.54, 1.807) is 6.33 Å². The van der Waals surface area contributed by atoms with Crippen molar-refractivity contribution in [3.05, 3.63) is 18.1 Å². The highest BCUT2D eigenvalue weighted by molar-refractivity contribution is 9.10. The van der Waals surface area contributed by atoms with Gasteiger partial charge in [0.2, 0.25) is 0 Å². The third-order valence-corrected chi connectivity index (χ3v) is 7.17. The average molecular weight is 391 g/mol. The van der Waals surface area contributed by atoms with E-state index >= 15 is 0 Å². The van der Waals surface area contributed by atoms with E-state index in [2.05, 4.69) is 36.2 Å². The van der Waals surface area contributed by atoms with Crippen molar-refractivity contribution < 1.29 is 9.90 Å². The zero-order chi connectivity index (χ0) is 16.5. The topological polar surface area (TPSA) is 90.9 Å². The van der Waals surface area contributed by atoms with Gasteiger partial charge >= 0.3 is 5.97 Å². The number of halogens is 1. The number of aromatic amines is 1. The van der Waals surface area contributed by atoms with Crippen LogP contribution in [0.3, 0.4) is 0 Å². The van der Waals surface area contributed by atoms with E-state index in [-0.39, 0.29) is 5.56 Å². The number of fused-ring (bicyclic) bond motifs is 1. The molecule has 2 atom stereocenters. The average Bonchev–Trinajstić information content (AvgIpc) is 2.97. The maximum atomic E-state index is 11.7. The van der Waals surface area contributed by atoms with E-state index in [0.29, 0.717) is 39.1 Å². The highest BCUT2D eigenvalue weighted by Gasteiger charge is 2.54. The molecule has 126 valence electrons. The van der Waals surface area contributed by atoms with Crippen molar-refractivity contribution in [2.75, 3.05) is 5.32 Å². The zero-order valence-corrected chi connectivity index (χ0v) is 14.7. The first kappa shape index (κ1) is 14.7. The zero-order valence-electron chi connectivity index (χ0n) is 13.1. The lowest BCUT2D eigenvalue weighted by molar-refractivity contribution is 0.0280. The van der Waals surface area contributed by atoms with Gasteiger partial charge in [-0.3, -0.25) is 0 Å². The Bertz CT molecular complexity index is 819. The third kappa shape index (κ3) is 2.10. The summed E-state index contributed by atoms with van der Waals surface area (Å²) in [5, 5.41) is 13.2. The Hall–Kier alpha value is -1.63. The Labute approximate surface area is 147 Å². The fraction of sp³-hybridized carbons (Fsp3) is 0.588. The van der Waals surface area contributed by atoms with Crippen LogP contribution in [0.15, 0.2) is 12.5 Å². The largest absolute Gasteiger partial charge is 0.478 e. The molecule has 0 amide bonds. The normalized spacial score (nSPS) is 37.0. The van der Waals surface area contributed by atoms with Crippen molar-refractivity contribution in [3.8, 4) is 0 Å². The van der Waals surface area contributed by atoms with Crippen molar-refractivity contribution in [1.29, 1.82) is 0 Å². The molecule has 6 rings (SSSR count). The highest BCUT2D eigenvalue weighted by Crippen LogP contribution is 2.59. The van der Waals surface area contributed by atoms with Gasteiger partial charge in [0.1, 0.15) is 11.1 Å². The summed E-state index contributed by atoms with van der Waals surface area (Å²) < 4.78 is 0.318. The third-order valence-electron chi connectivity index (χ3n) is 6.19. The summed E-state index contributed by atoms with van der Waals surface area (Å²) in [5.74, 6) is 1.07. The van der Waals surface area contributed by atoms with E-state index in [1.807, 2.05) is 0 Å². The molecule has 2 heterocycles. The van der Waals surface area contributed by atoms with Crippen LogP contribution in [0.1, 0.15) is 42.5 Å². The van der Waals surface area contributed by atoms with Crippen molar-refractivity contribution >= 4 is 38.8 Å². The van der Waals surface area contributed by atoms with Gasteiger partial charge in [-0.25, -0.2) is 14.8 Å². The number of H-pyrrole nitrogens is 1. The van der Waals surface area contributed by atoms with Gasteiger partial charge in [0.25, 0.3) is 0 Å². The molecular weight excluding hydrogens is 372 g/mol. The number of anilines is 1. The van der Waals surface area contributed by atoms with E-state index in [4.69, 9.17) is 0 Å². The Morgan fingerprint density at radius 1 is 1.29 bits per heavy atom. The van der Waals surface area contributed by atoms with Crippen molar-refractivity contribution in [3.63, 3.8) is 0 Å². The number of imidazole rings is 1. The van der Waals surface area contributed by atoms with E-state index in [1.165, 1.54) is 38.3 Å². The molecule has 2 unspecified atom stereocenters. The molecule has 2 aromatic heterocycles. The quantitative estimate of drug-likeness (QED) is 0.698. The second-order valence-corrected chi connectivity index (χ2v) is 9.43. The van der Waals surface area contributed by atoms with Gasteiger partial charge in [-0.15, -0.1) is 0 Å². The molecule has 6 nitrogen and oxygen atoms in total. The van der Waals surface area contributed by atoms with Crippen LogP contribution in [0.5, 0.6) is 0 Å². The fourth-order valence-electron chi connectivity index (χ4n) is 5.53. The number of carboxylic acid groups (broad SMARTS) is 1. The predicted molar refractivity (Wildman–Crippen MR) is 93.5 cm³/mol. The standard InChI is InChI=1S/C17H19BrN4O2/c18-17-3-8-1-9(4-17)12(10(2-8)5-17)22-13-11(16(23)24)6-19-15-14(13)20-7-21-15/h6-10,12H,1-5H2,(H,23,24)(H2,19,20,21,22). The van der Waals surface area contributed by atoms with E-state index in [9.17, 15) is 9.90 Å². The summed E-state index contributed by atoms with van der Waals surface area (Å²) >= 11 is 3.99. The second-order valence-electron chi connectivity index (χ2n) is 7.74. The Balaban J connectivity index is 1.54. The number of aromatic carboxylic acids is 1. The number of nitrogens with one attached hydrogen (secondary N) is 2. The molecule has 0 aliphatic heterocycles.